The molecule has 1 unspecified atom stereocenters. The number of rotatable bonds is 5. The Kier molecular flexibility index (Phi) is 4.81. The lowest BCUT2D eigenvalue weighted by atomic mass is 10.2. The summed E-state index contributed by atoms with van der Waals surface area (Å²) in [5, 5.41) is 2.83. The molecule has 1 amide bonds. The number of fused-ring (bicyclic) bond motifs is 1. The number of alkyl halides is 1. The zero-order valence-electron chi connectivity index (χ0n) is 10.5. The quantitative estimate of drug-likeness (QED) is 0.852. The molecule has 5 nitrogen and oxygen atoms in total. The van der Waals surface area contributed by atoms with Gasteiger partial charge < -0.3 is 10.1 Å². The first-order chi connectivity index (χ1) is 9.20. The number of hydrogen-bond acceptors (Lipinski definition) is 4. The topological polar surface area (TPSA) is 64.1 Å². The van der Waals surface area contributed by atoms with Gasteiger partial charge in [-0.25, -0.2) is 0 Å². The van der Waals surface area contributed by atoms with Gasteiger partial charge in [-0.15, -0.1) is 0 Å². The minimum Gasteiger partial charge on any atom is -0.383 e. The van der Waals surface area contributed by atoms with E-state index in [1.807, 2.05) is 0 Å². The molecule has 100 valence electrons. The van der Waals surface area contributed by atoms with Crippen molar-refractivity contribution in [3.63, 3.8) is 0 Å². The van der Waals surface area contributed by atoms with Gasteiger partial charge in [-0.2, -0.15) is 0 Å². The highest BCUT2D eigenvalue weighted by Gasteiger charge is 2.09. The standard InChI is InChI=1S/C13H14BrN3O2/c1-19-8-10(14)7-17-13(18)9-2-3-11-12(6-9)16-5-4-15-11/h2-6,10H,7-8H2,1H3,(H,17,18). The highest BCUT2D eigenvalue weighted by molar-refractivity contribution is 9.09. The number of carbonyl (C=O) groups is 1. The second-order valence-electron chi connectivity index (χ2n) is 4.02. The van der Waals surface area contributed by atoms with E-state index in [1.54, 1.807) is 37.7 Å². The molecule has 0 radical (unpaired) electrons. The number of nitrogens with one attached hydrogen (secondary N) is 1. The van der Waals surface area contributed by atoms with Crippen LogP contribution in [-0.2, 0) is 4.74 Å². The lowest BCUT2D eigenvalue weighted by molar-refractivity contribution is 0.0950. The molecule has 2 rings (SSSR count). The van der Waals surface area contributed by atoms with E-state index in [9.17, 15) is 4.79 Å². The third-order valence-corrected chi connectivity index (χ3v) is 3.15. The van der Waals surface area contributed by atoms with Crippen molar-refractivity contribution in [1.29, 1.82) is 0 Å². The van der Waals surface area contributed by atoms with Crippen LogP contribution in [0.5, 0.6) is 0 Å². The number of carbonyl (C=O) groups excluding carboxylic acids is 1. The van der Waals surface area contributed by atoms with Gasteiger partial charge in [-0.1, -0.05) is 15.9 Å². The van der Waals surface area contributed by atoms with Crippen LogP contribution in [0.3, 0.4) is 0 Å². The van der Waals surface area contributed by atoms with Crippen molar-refractivity contribution >= 4 is 32.9 Å². The Morgan fingerprint density at radius 1 is 1.37 bits per heavy atom. The van der Waals surface area contributed by atoms with Gasteiger partial charge in [0.2, 0.25) is 0 Å². The number of halogens is 1. The van der Waals surface area contributed by atoms with E-state index in [-0.39, 0.29) is 10.7 Å². The van der Waals surface area contributed by atoms with E-state index in [1.165, 1.54) is 0 Å². The number of amides is 1. The predicted octanol–water partition coefficient (Wildman–Crippen LogP) is 1.77. The molecule has 0 fully saturated rings. The van der Waals surface area contributed by atoms with Gasteiger partial charge in [0.1, 0.15) is 0 Å². The van der Waals surface area contributed by atoms with Crippen LogP contribution in [0, 0.1) is 0 Å². The van der Waals surface area contributed by atoms with Gasteiger partial charge in [0.25, 0.3) is 5.91 Å². The van der Waals surface area contributed by atoms with Crippen LogP contribution in [0.4, 0.5) is 0 Å². The van der Waals surface area contributed by atoms with Crippen molar-refractivity contribution in [2.24, 2.45) is 0 Å². The third-order valence-electron chi connectivity index (χ3n) is 2.56. The molecule has 19 heavy (non-hydrogen) atoms. The van der Waals surface area contributed by atoms with E-state index in [0.717, 1.165) is 5.52 Å². The van der Waals surface area contributed by atoms with E-state index in [4.69, 9.17) is 4.74 Å². The van der Waals surface area contributed by atoms with E-state index < -0.39 is 0 Å². The number of ether oxygens (including phenoxy) is 1. The normalized spacial score (nSPS) is 12.3. The molecule has 0 aliphatic rings. The van der Waals surface area contributed by atoms with E-state index in [2.05, 4.69) is 31.2 Å². The minimum atomic E-state index is -0.131. The fourth-order valence-electron chi connectivity index (χ4n) is 1.65. The van der Waals surface area contributed by atoms with Crippen LogP contribution in [-0.4, -0.2) is 41.0 Å². The molecular weight excluding hydrogens is 310 g/mol. The molecule has 1 heterocycles. The van der Waals surface area contributed by atoms with E-state index in [0.29, 0.717) is 24.2 Å². The maximum atomic E-state index is 12.0. The van der Waals surface area contributed by atoms with Crippen molar-refractivity contribution in [1.82, 2.24) is 15.3 Å². The molecule has 0 bridgehead atoms. The van der Waals surface area contributed by atoms with Crippen molar-refractivity contribution in [3.8, 4) is 0 Å². The fraction of sp³-hybridized carbons (Fsp3) is 0.308. The van der Waals surface area contributed by atoms with Gasteiger partial charge >= 0.3 is 0 Å². The zero-order chi connectivity index (χ0) is 13.7. The average molecular weight is 324 g/mol. The number of hydrogen-bond donors (Lipinski definition) is 1. The molecule has 1 atom stereocenters. The van der Waals surface area contributed by atoms with Crippen LogP contribution in [0.2, 0.25) is 0 Å². The maximum Gasteiger partial charge on any atom is 0.251 e. The molecule has 0 aliphatic heterocycles. The Bertz CT molecular complexity index is 577. The molecule has 1 aromatic carbocycles. The Morgan fingerprint density at radius 2 is 2.11 bits per heavy atom. The number of aromatic nitrogens is 2. The number of benzene rings is 1. The summed E-state index contributed by atoms with van der Waals surface area (Å²) < 4.78 is 4.98. The summed E-state index contributed by atoms with van der Waals surface area (Å²) in [7, 11) is 1.62. The van der Waals surface area contributed by atoms with Gasteiger partial charge in [-0.3, -0.25) is 14.8 Å². The van der Waals surface area contributed by atoms with Crippen molar-refractivity contribution in [3.05, 3.63) is 36.2 Å². The molecule has 0 spiro atoms. The summed E-state index contributed by atoms with van der Waals surface area (Å²) in [5.41, 5.74) is 2.06. The van der Waals surface area contributed by atoms with Gasteiger partial charge in [-0.05, 0) is 18.2 Å². The summed E-state index contributed by atoms with van der Waals surface area (Å²) in [5.74, 6) is -0.131. The molecule has 1 aromatic heterocycles. The highest BCUT2D eigenvalue weighted by Crippen LogP contribution is 2.10. The highest BCUT2D eigenvalue weighted by atomic mass is 79.9. The molecule has 0 aliphatic carbocycles. The van der Waals surface area contributed by atoms with E-state index >= 15 is 0 Å². The van der Waals surface area contributed by atoms with Crippen LogP contribution >= 0.6 is 15.9 Å². The number of methoxy groups -OCH3 is 1. The number of nitrogens with zero attached hydrogens (tertiary/aromatic N) is 2. The Labute approximate surface area is 119 Å². The lowest BCUT2D eigenvalue weighted by Crippen LogP contribution is -2.31. The van der Waals surface area contributed by atoms with Gasteiger partial charge in [0, 0.05) is 31.6 Å². The van der Waals surface area contributed by atoms with Gasteiger partial charge in [0.05, 0.1) is 22.5 Å². The molecule has 1 N–H and O–H groups in total. The summed E-state index contributed by atoms with van der Waals surface area (Å²) in [6, 6.07) is 5.27. The maximum absolute atomic E-state index is 12.0. The van der Waals surface area contributed by atoms with Crippen LogP contribution in [0.15, 0.2) is 30.6 Å². The predicted molar refractivity (Wildman–Crippen MR) is 76.5 cm³/mol. The summed E-state index contributed by atoms with van der Waals surface area (Å²) in [6.45, 7) is 1.05. The average Bonchev–Trinajstić information content (AvgIpc) is 2.44. The molecule has 0 saturated heterocycles. The molecule has 2 aromatic rings. The van der Waals surface area contributed by atoms with Gasteiger partial charge in [0.15, 0.2) is 0 Å². The Hall–Kier alpha value is -1.53. The first-order valence-electron chi connectivity index (χ1n) is 5.82. The second-order valence-corrected chi connectivity index (χ2v) is 5.32. The Balaban J connectivity index is 2.05. The first kappa shape index (κ1) is 13.9. The molecule has 0 saturated carbocycles. The molecule has 6 heteroatoms. The fourth-order valence-corrected chi connectivity index (χ4v) is 2.08. The third kappa shape index (κ3) is 3.71. The van der Waals surface area contributed by atoms with Crippen molar-refractivity contribution in [2.75, 3.05) is 20.3 Å². The smallest absolute Gasteiger partial charge is 0.251 e. The summed E-state index contributed by atoms with van der Waals surface area (Å²) in [4.78, 5) is 20.4. The summed E-state index contributed by atoms with van der Waals surface area (Å²) >= 11 is 3.42. The van der Waals surface area contributed by atoms with Crippen molar-refractivity contribution in [2.45, 2.75) is 4.83 Å². The largest absolute Gasteiger partial charge is 0.383 e. The first-order valence-corrected chi connectivity index (χ1v) is 6.74. The van der Waals surface area contributed by atoms with Crippen LogP contribution in [0.1, 0.15) is 10.4 Å². The van der Waals surface area contributed by atoms with Crippen molar-refractivity contribution < 1.29 is 9.53 Å². The molecular formula is C13H14BrN3O2. The summed E-state index contributed by atoms with van der Waals surface area (Å²) in [6.07, 6.45) is 3.24. The Morgan fingerprint density at radius 3 is 2.84 bits per heavy atom. The zero-order valence-corrected chi connectivity index (χ0v) is 12.1. The monoisotopic (exact) mass is 323 g/mol. The van der Waals surface area contributed by atoms with Crippen LogP contribution < -0.4 is 5.32 Å². The van der Waals surface area contributed by atoms with Crippen LogP contribution in [0.25, 0.3) is 11.0 Å². The lowest BCUT2D eigenvalue weighted by Gasteiger charge is -2.10. The second kappa shape index (κ2) is 6.58. The SMILES string of the molecule is COCC(Br)CNC(=O)c1ccc2nccnc2c1. The minimum absolute atomic E-state index is 0.0988.